The van der Waals surface area contributed by atoms with Gasteiger partial charge in [0.1, 0.15) is 24.1 Å². The van der Waals surface area contributed by atoms with Crippen molar-refractivity contribution in [3.8, 4) is 0 Å². The molecule has 0 aliphatic carbocycles. The van der Waals surface area contributed by atoms with Gasteiger partial charge in [0.2, 0.25) is 0 Å². The van der Waals surface area contributed by atoms with Gasteiger partial charge in [0, 0.05) is 6.20 Å². The number of hydrogen-bond donors (Lipinski definition) is 4. The summed E-state index contributed by atoms with van der Waals surface area (Å²) in [7, 11) is -4.36. The molecule has 1 aliphatic rings. The zero-order valence-corrected chi connectivity index (χ0v) is 24.4. The van der Waals surface area contributed by atoms with E-state index in [0.717, 1.165) is 23.8 Å². The van der Waals surface area contributed by atoms with Crippen molar-refractivity contribution >= 4 is 13.6 Å². The maximum atomic E-state index is 12.2. The average molecular weight is 576 g/mol. The summed E-state index contributed by atoms with van der Waals surface area (Å²) in [6, 6.07) is 1.35. The molecule has 12 heteroatoms. The summed E-state index contributed by atoms with van der Waals surface area (Å²) in [5.74, 6) is 0.00637. The number of phosphoric ester groups is 1. The van der Waals surface area contributed by atoms with E-state index in [0.29, 0.717) is 6.42 Å². The lowest BCUT2D eigenvalue weighted by Crippen LogP contribution is -2.36. The van der Waals surface area contributed by atoms with E-state index in [1.807, 2.05) is 0 Å². The number of phosphoric acid groups is 1. The van der Waals surface area contributed by atoms with E-state index in [1.165, 1.54) is 89.3 Å². The van der Waals surface area contributed by atoms with Crippen molar-refractivity contribution in [2.75, 3.05) is 18.9 Å². The molecular weight excluding hydrogens is 525 g/mol. The fourth-order valence-electron chi connectivity index (χ4n) is 4.75. The van der Waals surface area contributed by atoms with Gasteiger partial charge < -0.3 is 25.6 Å². The van der Waals surface area contributed by atoms with Crippen LogP contribution in [-0.2, 0) is 18.3 Å². The van der Waals surface area contributed by atoms with E-state index in [9.17, 15) is 24.5 Å². The van der Waals surface area contributed by atoms with Crippen LogP contribution in [0.5, 0.6) is 0 Å². The lowest BCUT2D eigenvalue weighted by molar-refractivity contribution is -0.0551. The van der Waals surface area contributed by atoms with Gasteiger partial charge in [0.15, 0.2) is 6.23 Å². The third-order valence-electron chi connectivity index (χ3n) is 7.12. The molecule has 0 saturated carbocycles. The molecule has 5 atom stereocenters. The lowest BCUT2D eigenvalue weighted by Gasteiger charge is -2.18. The lowest BCUT2D eigenvalue weighted by atomic mass is 10.0. The molecule has 0 bridgehead atoms. The highest BCUT2D eigenvalue weighted by Gasteiger charge is 2.45. The standard InChI is InChI=1S/C27H50N3O8P/c1-2-3-4-5-6-7-8-9-10-11-12-13-14-15-16-17-20-36-39(34,35)37-21-22-24(31)25(32)26(38-22)30-19-18-23(28)29-27(30)33/h18-19,22,24-26,31-32H,2-17,20-21H2,1H3,(H,34,35)(H2,28,29,33)/t22-,24-,25+,26?/m1/s1. The number of hydrogen-bond acceptors (Lipinski definition) is 9. The minimum Gasteiger partial charge on any atom is -0.387 e. The molecule has 2 rings (SSSR count). The molecule has 0 aromatic carbocycles. The summed E-state index contributed by atoms with van der Waals surface area (Å²) < 4.78 is 28.7. The molecule has 226 valence electrons. The van der Waals surface area contributed by atoms with Crippen LogP contribution in [0.25, 0.3) is 0 Å². The van der Waals surface area contributed by atoms with Gasteiger partial charge in [-0.05, 0) is 12.5 Å². The smallest absolute Gasteiger partial charge is 0.387 e. The van der Waals surface area contributed by atoms with Crippen LogP contribution in [0.4, 0.5) is 5.82 Å². The second-order valence-corrected chi connectivity index (χ2v) is 11.9. The summed E-state index contributed by atoms with van der Waals surface area (Å²) in [6.07, 6.45) is 15.8. The Morgan fingerprint density at radius 3 is 1.92 bits per heavy atom. The van der Waals surface area contributed by atoms with Crippen molar-refractivity contribution in [3.63, 3.8) is 0 Å². The molecule has 1 aromatic heterocycles. The van der Waals surface area contributed by atoms with Crippen molar-refractivity contribution in [2.45, 2.75) is 134 Å². The van der Waals surface area contributed by atoms with E-state index in [1.54, 1.807) is 0 Å². The van der Waals surface area contributed by atoms with Crippen LogP contribution in [0.15, 0.2) is 17.1 Å². The van der Waals surface area contributed by atoms with Gasteiger partial charge in [-0.2, -0.15) is 4.98 Å². The fourth-order valence-corrected chi connectivity index (χ4v) is 5.52. The van der Waals surface area contributed by atoms with Gasteiger partial charge in [-0.3, -0.25) is 13.6 Å². The van der Waals surface area contributed by atoms with E-state index in [-0.39, 0.29) is 12.4 Å². The molecule has 0 radical (unpaired) electrons. The van der Waals surface area contributed by atoms with Crippen LogP contribution >= 0.6 is 7.82 Å². The Balaban J connectivity index is 1.48. The third-order valence-corrected chi connectivity index (χ3v) is 8.10. The van der Waals surface area contributed by atoms with Gasteiger partial charge in [-0.1, -0.05) is 103 Å². The Labute approximate surface area is 232 Å². The maximum absolute atomic E-state index is 12.2. The summed E-state index contributed by atoms with van der Waals surface area (Å²) >= 11 is 0. The summed E-state index contributed by atoms with van der Waals surface area (Å²) in [5.41, 5.74) is 4.70. The van der Waals surface area contributed by atoms with E-state index in [2.05, 4.69) is 11.9 Å². The highest BCUT2D eigenvalue weighted by molar-refractivity contribution is 7.47. The number of aliphatic hydroxyl groups excluding tert-OH is 2. The quantitative estimate of drug-likeness (QED) is 0.111. The summed E-state index contributed by atoms with van der Waals surface area (Å²) in [4.78, 5) is 25.5. The number of aliphatic hydroxyl groups is 2. The number of rotatable bonds is 22. The number of unbranched alkanes of at least 4 members (excludes halogenated alkanes) is 15. The predicted octanol–water partition coefficient (Wildman–Crippen LogP) is 4.84. The second kappa shape index (κ2) is 18.9. The molecule has 2 heterocycles. The van der Waals surface area contributed by atoms with E-state index >= 15 is 0 Å². The third kappa shape index (κ3) is 13.3. The Kier molecular flexibility index (Phi) is 16.4. The molecule has 1 fully saturated rings. The minimum atomic E-state index is -4.36. The number of ether oxygens (including phenoxy) is 1. The van der Waals surface area contributed by atoms with E-state index in [4.69, 9.17) is 19.5 Å². The normalized spacial score (nSPS) is 22.8. The molecule has 1 aliphatic heterocycles. The molecule has 11 nitrogen and oxygen atoms in total. The maximum Gasteiger partial charge on any atom is 0.472 e. The zero-order chi connectivity index (χ0) is 28.5. The van der Waals surface area contributed by atoms with E-state index < -0.39 is 44.7 Å². The predicted molar refractivity (Wildman–Crippen MR) is 150 cm³/mol. The van der Waals surface area contributed by atoms with Crippen LogP contribution in [-0.4, -0.2) is 56.2 Å². The van der Waals surface area contributed by atoms with Crippen molar-refractivity contribution in [1.29, 1.82) is 0 Å². The average Bonchev–Trinajstić information content (AvgIpc) is 3.18. The number of nitrogen functional groups attached to an aromatic ring is 1. The number of aromatic nitrogens is 2. The summed E-state index contributed by atoms with van der Waals surface area (Å²) in [6.45, 7) is 1.83. The largest absolute Gasteiger partial charge is 0.472 e. The van der Waals surface area contributed by atoms with Crippen molar-refractivity contribution in [3.05, 3.63) is 22.7 Å². The van der Waals surface area contributed by atoms with Gasteiger partial charge in [0.25, 0.3) is 0 Å². The van der Waals surface area contributed by atoms with Crippen LogP contribution in [0.1, 0.15) is 116 Å². The monoisotopic (exact) mass is 575 g/mol. The molecule has 1 saturated heterocycles. The van der Waals surface area contributed by atoms with Crippen LogP contribution in [0, 0.1) is 0 Å². The second-order valence-electron chi connectivity index (χ2n) is 10.5. The SMILES string of the molecule is CCCCCCCCCCCCCCCCCCOP(=O)(O)OC[C@H]1OC(n2ccc(N)nc2=O)[C@@H](O)[C@@H]1O. The Hall–Kier alpha value is -1.33. The molecular formula is C27H50N3O8P. The van der Waals surface area contributed by atoms with Crippen LogP contribution < -0.4 is 11.4 Å². The summed E-state index contributed by atoms with van der Waals surface area (Å²) in [5, 5.41) is 20.5. The molecule has 0 amide bonds. The van der Waals surface area contributed by atoms with Crippen molar-refractivity contribution in [2.24, 2.45) is 0 Å². The van der Waals surface area contributed by atoms with Crippen LogP contribution in [0.3, 0.4) is 0 Å². The van der Waals surface area contributed by atoms with Crippen molar-refractivity contribution in [1.82, 2.24) is 9.55 Å². The first-order valence-electron chi connectivity index (χ1n) is 14.7. The van der Waals surface area contributed by atoms with Gasteiger partial charge >= 0.3 is 13.5 Å². The highest BCUT2D eigenvalue weighted by Crippen LogP contribution is 2.44. The Morgan fingerprint density at radius 2 is 1.41 bits per heavy atom. The Bertz CT molecular complexity index is 902. The van der Waals surface area contributed by atoms with Crippen LogP contribution in [0.2, 0.25) is 0 Å². The number of anilines is 1. The minimum absolute atomic E-state index is 0.00637. The molecule has 5 N–H and O–H groups in total. The molecule has 0 spiro atoms. The first-order valence-corrected chi connectivity index (χ1v) is 16.2. The number of nitrogens with zero attached hydrogens (tertiary/aromatic N) is 2. The molecule has 39 heavy (non-hydrogen) atoms. The highest BCUT2D eigenvalue weighted by atomic mass is 31.2. The fraction of sp³-hybridized carbons (Fsp3) is 0.852. The molecule has 2 unspecified atom stereocenters. The number of nitrogens with two attached hydrogens (primary N) is 1. The van der Waals surface area contributed by atoms with Gasteiger partial charge in [-0.15, -0.1) is 0 Å². The molecule has 1 aromatic rings. The van der Waals surface area contributed by atoms with Gasteiger partial charge in [-0.25, -0.2) is 9.36 Å². The topological polar surface area (TPSA) is 166 Å². The van der Waals surface area contributed by atoms with Gasteiger partial charge in [0.05, 0.1) is 13.2 Å². The first kappa shape index (κ1) is 33.9. The zero-order valence-electron chi connectivity index (χ0n) is 23.5. The van der Waals surface area contributed by atoms with Crippen molar-refractivity contribution < 1.29 is 33.5 Å². The Morgan fingerprint density at radius 1 is 0.897 bits per heavy atom. The first-order chi connectivity index (χ1) is 18.7.